The Morgan fingerprint density at radius 1 is 0.515 bits per heavy atom. The summed E-state index contributed by atoms with van der Waals surface area (Å²) >= 11 is 0. The van der Waals surface area contributed by atoms with Gasteiger partial charge in [0.25, 0.3) is 5.91 Å². The van der Waals surface area contributed by atoms with Gasteiger partial charge in [-0.15, -0.1) is 0 Å². The van der Waals surface area contributed by atoms with Gasteiger partial charge in [0.15, 0.2) is 5.78 Å². The summed E-state index contributed by atoms with van der Waals surface area (Å²) in [6.07, 6.45) is 0. The smallest absolute Gasteiger partial charge is 0.277 e. The summed E-state index contributed by atoms with van der Waals surface area (Å²) in [5, 5.41) is 11.3. The first-order valence-electron chi connectivity index (χ1n) is 10.5. The highest BCUT2D eigenvalue weighted by Crippen LogP contribution is 2.24. The van der Waals surface area contributed by atoms with Crippen molar-refractivity contribution in [3.05, 3.63) is 149 Å². The lowest BCUT2D eigenvalue weighted by Gasteiger charge is -2.14. The van der Waals surface area contributed by atoms with Crippen LogP contribution in [-0.2, 0) is 0 Å². The lowest BCUT2D eigenvalue weighted by Crippen LogP contribution is -2.19. The number of carbonyl (C=O) groups excluding carboxylic acids is 2. The Kier molecular flexibility index (Phi) is 6.67. The van der Waals surface area contributed by atoms with E-state index in [4.69, 9.17) is 0 Å². The van der Waals surface area contributed by atoms with Crippen LogP contribution in [0.2, 0.25) is 0 Å². The number of benzene rings is 4. The molecule has 4 heteroatoms. The number of rotatable bonds is 6. The van der Waals surface area contributed by atoms with Crippen LogP contribution in [0, 0.1) is 0 Å². The highest BCUT2D eigenvalue weighted by molar-refractivity contribution is 6.37. The van der Waals surface area contributed by atoms with Gasteiger partial charge in [-0.05, 0) is 12.1 Å². The Morgan fingerprint density at radius 3 is 1.39 bits per heavy atom. The van der Waals surface area contributed by atoms with Crippen molar-refractivity contribution in [2.75, 3.05) is 0 Å². The number of allylic oxidation sites excluding steroid dienone is 1. The summed E-state index contributed by atoms with van der Waals surface area (Å²) in [6, 6.07) is 35.0. The van der Waals surface area contributed by atoms with E-state index in [1.165, 1.54) is 0 Å². The van der Waals surface area contributed by atoms with E-state index in [1.54, 1.807) is 97.1 Å². The molecular formula is C29H21NO3. The van der Waals surface area contributed by atoms with Crippen molar-refractivity contribution in [3.63, 3.8) is 0 Å². The van der Waals surface area contributed by atoms with Crippen molar-refractivity contribution in [1.29, 1.82) is 0 Å². The topological polar surface area (TPSA) is 66.7 Å². The van der Waals surface area contributed by atoms with Gasteiger partial charge in [-0.25, -0.2) is 4.99 Å². The van der Waals surface area contributed by atoms with Crippen LogP contribution in [0.25, 0.3) is 5.76 Å². The number of Topliss-reactive ketones (excluding diaryl/α,β-unsaturated/α-hetero) is 1. The Hall–Kier alpha value is -4.57. The average molecular weight is 431 g/mol. The van der Waals surface area contributed by atoms with Crippen LogP contribution in [0.5, 0.6) is 0 Å². The van der Waals surface area contributed by atoms with Crippen molar-refractivity contribution < 1.29 is 14.7 Å². The summed E-state index contributed by atoms with van der Waals surface area (Å²) < 4.78 is 0. The fraction of sp³-hybridized carbons (Fsp3) is 0. The van der Waals surface area contributed by atoms with E-state index in [1.807, 2.05) is 24.3 Å². The predicted molar refractivity (Wildman–Crippen MR) is 131 cm³/mol. The second-order valence-corrected chi connectivity index (χ2v) is 7.28. The number of amides is 1. The molecule has 0 aliphatic carbocycles. The molecule has 0 heterocycles. The number of aliphatic imine (C=N–C) groups is 1. The van der Waals surface area contributed by atoms with Gasteiger partial charge >= 0.3 is 0 Å². The largest absolute Gasteiger partial charge is 0.506 e. The molecule has 0 bridgehead atoms. The van der Waals surface area contributed by atoms with Crippen LogP contribution in [0.3, 0.4) is 0 Å². The van der Waals surface area contributed by atoms with Crippen molar-refractivity contribution in [3.8, 4) is 0 Å². The SMILES string of the molecule is O=C(N=C(/C(C(=O)c1ccccc1)=C(\O)c1ccccc1)c1ccccc1)c1ccccc1. The van der Waals surface area contributed by atoms with Gasteiger partial charge in [0.1, 0.15) is 5.76 Å². The van der Waals surface area contributed by atoms with Gasteiger partial charge in [0.05, 0.1) is 11.3 Å². The molecule has 0 aliphatic heterocycles. The van der Waals surface area contributed by atoms with Crippen LogP contribution < -0.4 is 0 Å². The molecule has 0 atom stereocenters. The standard InChI is InChI=1S/C29H21NO3/c31-27(22-15-7-2-8-16-22)25(28(32)23-17-9-3-10-18-23)26(21-13-5-1-6-14-21)30-29(33)24-19-11-4-12-20-24/h1-20,31H/b27-25+,30-26?. The van der Waals surface area contributed by atoms with E-state index < -0.39 is 11.7 Å². The molecule has 0 saturated heterocycles. The molecule has 0 aromatic heterocycles. The summed E-state index contributed by atoms with van der Waals surface area (Å²) in [5.74, 6) is -1.18. The first-order chi connectivity index (χ1) is 16.1. The van der Waals surface area contributed by atoms with Gasteiger partial charge in [0.2, 0.25) is 0 Å². The minimum absolute atomic E-state index is 0.0390. The Bertz CT molecular complexity index is 1310. The summed E-state index contributed by atoms with van der Waals surface area (Å²) in [4.78, 5) is 31.1. The maximum Gasteiger partial charge on any atom is 0.277 e. The fourth-order valence-electron chi connectivity index (χ4n) is 3.41. The lowest BCUT2D eigenvalue weighted by atomic mass is 9.91. The van der Waals surface area contributed by atoms with E-state index in [0.717, 1.165) is 0 Å². The fourth-order valence-corrected chi connectivity index (χ4v) is 3.41. The molecule has 4 aromatic carbocycles. The molecule has 4 nitrogen and oxygen atoms in total. The van der Waals surface area contributed by atoms with Crippen LogP contribution in [-0.4, -0.2) is 22.5 Å². The zero-order chi connectivity index (χ0) is 23.0. The van der Waals surface area contributed by atoms with E-state index >= 15 is 0 Å². The Balaban J connectivity index is 1.97. The highest BCUT2D eigenvalue weighted by atomic mass is 16.3. The summed E-state index contributed by atoms with van der Waals surface area (Å²) in [6.45, 7) is 0. The molecule has 4 rings (SSSR count). The van der Waals surface area contributed by atoms with Crippen LogP contribution in [0.1, 0.15) is 31.8 Å². The second kappa shape index (κ2) is 10.2. The molecule has 33 heavy (non-hydrogen) atoms. The number of aliphatic hydroxyl groups is 1. The van der Waals surface area contributed by atoms with Crippen molar-refractivity contribution >= 4 is 23.2 Å². The van der Waals surface area contributed by atoms with E-state index in [-0.39, 0.29) is 17.0 Å². The molecule has 0 radical (unpaired) electrons. The number of carbonyl (C=O) groups is 2. The average Bonchev–Trinajstić information content (AvgIpc) is 2.90. The molecule has 0 unspecified atom stereocenters. The molecule has 4 aromatic rings. The summed E-state index contributed by atoms with van der Waals surface area (Å²) in [7, 11) is 0. The monoisotopic (exact) mass is 431 g/mol. The zero-order valence-corrected chi connectivity index (χ0v) is 17.8. The van der Waals surface area contributed by atoms with Crippen molar-refractivity contribution in [1.82, 2.24) is 0 Å². The molecular weight excluding hydrogens is 410 g/mol. The third kappa shape index (κ3) is 5.02. The molecule has 0 fully saturated rings. The van der Waals surface area contributed by atoms with Crippen LogP contribution in [0.4, 0.5) is 0 Å². The first kappa shape index (κ1) is 21.7. The Morgan fingerprint density at radius 2 is 0.909 bits per heavy atom. The summed E-state index contributed by atoms with van der Waals surface area (Å²) in [5.41, 5.74) is 1.83. The molecule has 0 saturated carbocycles. The quantitative estimate of drug-likeness (QED) is 0.172. The third-order valence-electron chi connectivity index (χ3n) is 5.07. The molecule has 1 amide bonds. The Labute approximate surface area is 192 Å². The number of hydrogen-bond donors (Lipinski definition) is 1. The van der Waals surface area contributed by atoms with Crippen LogP contribution >= 0.6 is 0 Å². The van der Waals surface area contributed by atoms with Crippen molar-refractivity contribution in [2.24, 2.45) is 4.99 Å². The van der Waals surface area contributed by atoms with Crippen molar-refractivity contribution in [2.45, 2.75) is 0 Å². The van der Waals surface area contributed by atoms with Gasteiger partial charge < -0.3 is 5.11 Å². The minimum Gasteiger partial charge on any atom is -0.506 e. The first-order valence-corrected chi connectivity index (χ1v) is 10.5. The van der Waals surface area contributed by atoms with E-state index in [0.29, 0.717) is 22.3 Å². The molecule has 160 valence electrons. The molecule has 0 spiro atoms. The van der Waals surface area contributed by atoms with Crippen LogP contribution in [0.15, 0.2) is 132 Å². The third-order valence-corrected chi connectivity index (χ3v) is 5.07. The van der Waals surface area contributed by atoms with Gasteiger partial charge in [-0.3, -0.25) is 9.59 Å². The number of aliphatic hydroxyl groups excluding tert-OH is 1. The van der Waals surface area contributed by atoms with Gasteiger partial charge in [0, 0.05) is 22.3 Å². The van der Waals surface area contributed by atoms with E-state index in [9.17, 15) is 14.7 Å². The lowest BCUT2D eigenvalue weighted by molar-refractivity contribution is 0.100. The molecule has 0 aliphatic rings. The van der Waals surface area contributed by atoms with Gasteiger partial charge in [-0.1, -0.05) is 109 Å². The predicted octanol–water partition coefficient (Wildman–Crippen LogP) is 6.17. The maximum absolute atomic E-state index is 13.7. The second-order valence-electron chi connectivity index (χ2n) is 7.28. The zero-order valence-electron chi connectivity index (χ0n) is 17.8. The minimum atomic E-state index is -0.506. The number of ketones is 1. The maximum atomic E-state index is 13.7. The van der Waals surface area contributed by atoms with E-state index in [2.05, 4.69) is 4.99 Å². The number of hydrogen-bond acceptors (Lipinski definition) is 3. The molecule has 1 N–H and O–H groups in total. The highest BCUT2D eigenvalue weighted by Gasteiger charge is 2.26. The number of nitrogens with zero attached hydrogens (tertiary/aromatic N) is 1. The normalized spacial score (nSPS) is 12.1. The van der Waals surface area contributed by atoms with Gasteiger partial charge in [-0.2, -0.15) is 0 Å².